The van der Waals surface area contributed by atoms with Crippen LogP contribution in [0.1, 0.15) is 29.6 Å². The van der Waals surface area contributed by atoms with Crippen LogP contribution in [0.15, 0.2) is 48.7 Å². The summed E-state index contributed by atoms with van der Waals surface area (Å²) in [6.45, 7) is 1.24. The van der Waals surface area contributed by atoms with Gasteiger partial charge in [-0.05, 0) is 48.9 Å². The Kier molecular flexibility index (Phi) is 4.34. The number of benzene rings is 1. The number of carbonyl (C=O) groups excluding carboxylic acids is 1. The van der Waals surface area contributed by atoms with Gasteiger partial charge < -0.3 is 14.9 Å². The number of carboxylic acids is 1. The Labute approximate surface area is 158 Å². The highest BCUT2D eigenvalue weighted by Gasteiger charge is 2.59. The van der Waals surface area contributed by atoms with Gasteiger partial charge >= 0.3 is 5.97 Å². The second-order valence-electron chi connectivity index (χ2n) is 7.55. The number of rotatable bonds is 4. The quantitative estimate of drug-likeness (QED) is 0.901. The Bertz CT molecular complexity index is 843. The Hall–Kier alpha value is -2.89. The van der Waals surface area contributed by atoms with E-state index >= 15 is 0 Å². The minimum atomic E-state index is -0.697. The third kappa shape index (κ3) is 3.27. The van der Waals surface area contributed by atoms with Crippen molar-refractivity contribution in [3.63, 3.8) is 0 Å². The molecule has 1 saturated carbocycles. The van der Waals surface area contributed by atoms with Crippen molar-refractivity contribution in [2.24, 2.45) is 11.3 Å². The van der Waals surface area contributed by atoms with Gasteiger partial charge in [-0.25, -0.2) is 4.98 Å². The number of nitrogens with zero attached hydrogens (tertiary/aromatic N) is 3. The van der Waals surface area contributed by atoms with Crippen molar-refractivity contribution in [1.29, 1.82) is 0 Å². The van der Waals surface area contributed by atoms with Crippen molar-refractivity contribution in [2.75, 3.05) is 25.0 Å². The third-order valence-electron chi connectivity index (χ3n) is 6.02. The van der Waals surface area contributed by atoms with Crippen LogP contribution >= 0.6 is 0 Å². The predicted molar refractivity (Wildman–Crippen MR) is 102 cm³/mol. The van der Waals surface area contributed by atoms with E-state index in [-0.39, 0.29) is 17.2 Å². The van der Waals surface area contributed by atoms with Gasteiger partial charge in [0.1, 0.15) is 5.82 Å². The molecule has 2 fully saturated rings. The second kappa shape index (κ2) is 6.68. The van der Waals surface area contributed by atoms with Crippen LogP contribution in [0.4, 0.5) is 11.5 Å². The Morgan fingerprint density at radius 2 is 1.85 bits per heavy atom. The van der Waals surface area contributed by atoms with E-state index in [0.717, 1.165) is 30.8 Å². The molecule has 1 aliphatic heterocycles. The number of para-hydroxylation sites is 1. The first-order valence-corrected chi connectivity index (χ1v) is 9.27. The van der Waals surface area contributed by atoms with Gasteiger partial charge in [0.25, 0.3) is 5.91 Å². The Morgan fingerprint density at radius 3 is 2.41 bits per heavy atom. The summed E-state index contributed by atoms with van der Waals surface area (Å²) in [5.74, 6) is -0.169. The molecular formula is C21H23N3O3. The average Bonchev–Trinajstić information content (AvgIpc) is 3.42. The van der Waals surface area contributed by atoms with Crippen LogP contribution in [0.2, 0.25) is 0 Å². The van der Waals surface area contributed by atoms with Crippen LogP contribution in [0, 0.1) is 11.3 Å². The van der Waals surface area contributed by atoms with Gasteiger partial charge in [0.2, 0.25) is 0 Å². The molecule has 140 valence electrons. The molecule has 2 heterocycles. The zero-order valence-corrected chi connectivity index (χ0v) is 15.3. The van der Waals surface area contributed by atoms with E-state index in [0.29, 0.717) is 18.7 Å². The van der Waals surface area contributed by atoms with Crippen molar-refractivity contribution in [3.8, 4) is 0 Å². The first-order valence-electron chi connectivity index (χ1n) is 9.27. The molecular weight excluding hydrogens is 342 g/mol. The maximum absolute atomic E-state index is 12.8. The van der Waals surface area contributed by atoms with Crippen LogP contribution in [0.25, 0.3) is 0 Å². The topological polar surface area (TPSA) is 73.7 Å². The van der Waals surface area contributed by atoms with Crippen LogP contribution in [0.5, 0.6) is 0 Å². The maximum Gasteiger partial charge on any atom is 0.307 e. The van der Waals surface area contributed by atoms with E-state index < -0.39 is 5.97 Å². The number of hydrogen-bond donors (Lipinski definition) is 1. The molecule has 6 nitrogen and oxygen atoms in total. The summed E-state index contributed by atoms with van der Waals surface area (Å²) in [5, 5.41) is 9.18. The fourth-order valence-electron chi connectivity index (χ4n) is 4.08. The first-order chi connectivity index (χ1) is 13.0. The number of carboxylic acid groups (broad SMARTS) is 1. The van der Waals surface area contributed by atoms with Crippen molar-refractivity contribution < 1.29 is 14.7 Å². The van der Waals surface area contributed by atoms with E-state index in [9.17, 15) is 14.7 Å². The zero-order chi connectivity index (χ0) is 19.0. The summed E-state index contributed by atoms with van der Waals surface area (Å²) in [7, 11) is 1.94. The molecule has 1 aromatic carbocycles. The molecule has 2 aromatic rings. The van der Waals surface area contributed by atoms with Crippen LogP contribution in [0.3, 0.4) is 0 Å². The highest BCUT2D eigenvalue weighted by atomic mass is 16.4. The second-order valence-corrected chi connectivity index (χ2v) is 7.55. The summed E-state index contributed by atoms with van der Waals surface area (Å²) < 4.78 is 0. The zero-order valence-electron chi connectivity index (χ0n) is 15.3. The maximum atomic E-state index is 12.8. The largest absolute Gasteiger partial charge is 0.481 e. The van der Waals surface area contributed by atoms with E-state index in [2.05, 4.69) is 4.98 Å². The van der Waals surface area contributed by atoms with Crippen molar-refractivity contribution in [3.05, 3.63) is 54.2 Å². The lowest BCUT2D eigenvalue weighted by Crippen LogP contribution is -2.40. The van der Waals surface area contributed by atoms with Crippen LogP contribution in [-0.4, -0.2) is 47.0 Å². The number of pyridine rings is 1. The molecule has 1 unspecified atom stereocenters. The number of hydrogen-bond acceptors (Lipinski definition) is 4. The van der Waals surface area contributed by atoms with E-state index in [1.165, 1.54) is 0 Å². The lowest BCUT2D eigenvalue weighted by Gasteiger charge is -2.32. The summed E-state index contributed by atoms with van der Waals surface area (Å²) in [5.41, 5.74) is 1.54. The fraction of sp³-hybridized carbons (Fsp3) is 0.381. The highest BCUT2D eigenvalue weighted by Crippen LogP contribution is 2.59. The van der Waals surface area contributed by atoms with E-state index in [1.807, 2.05) is 59.3 Å². The highest BCUT2D eigenvalue weighted by molar-refractivity contribution is 5.94. The summed E-state index contributed by atoms with van der Waals surface area (Å²) in [6.07, 6.45) is 3.93. The molecule has 0 bridgehead atoms. The lowest BCUT2D eigenvalue weighted by atomic mass is 9.90. The van der Waals surface area contributed by atoms with Gasteiger partial charge in [-0.1, -0.05) is 18.2 Å². The molecule has 0 radical (unpaired) electrons. The normalized spacial score (nSPS) is 20.3. The van der Waals surface area contributed by atoms with Crippen molar-refractivity contribution in [1.82, 2.24) is 9.88 Å². The number of anilines is 2. The van der Waals surface area contributed by atoms with Gasteiger partial charge in [-0.15, -0.1) is 0 Å². The molecule has 1 amide bonds. The summed E-state index contributed by atoms with van der Waals surface area (Å²) in [4.78, 5) is 32.2. The van der Waals surface area contributed by atoms with Crippen molar-refractivity contribution >= 4 is 23.4 Å². The number of carbonyl (C=O) groups is 2. The summed E-state index contributed by atoms with van der Waals surface area (Å²) in [6, 6.07) is 13.6. The standard InChI is InChI=1S/C21H23N3O3/c1-23(16-5-3-2-4-6-16)18-8-7-15(14-22-18)19(25)24-11-9-21(10-12-24)13-17(21)20(26)27/h2-8,14,17H,9-13H2,1H3,(H,26,27). The molecule has 27 heavy (non-hydrogen) atoms. The van der Waals surface area contributed by atoms with Crippen LogP contribution in [-0.2, 0) is 4.79 Å². The number of likely N-dealkylation sites (tertiary alicyclic amines) is 1. The smallest absolute Gasteiger partial charge is 0.307 e. The predicted octanol–water partition coefficient (Wildman–Crippen LogP) is 3.18. The van der Waals surface area contributed by atoms with E-state index in [1.54, 1.807) is 6.20 Å². The summed E-state index contributed by atoms with van der Waals surface area (Å²) >= 11 is 0. The molecule has 4 rings (SSSR count). The molecule has 1 spiro atoms. The molecule has 1 atom stereocenters. The molecule has 6 heteroatoms. The lowest BCUT2D eigenvalue weighted by molar-refractivity contribution is -0.139. The van der Waals surface area contributed by atoms with Gasteiger partial charge in [0.15, 0.2) is 0 Å². The minimum absolute atomic E-state index is 0.0289. The van der Waals surface area contributed by atoms with Gasteiger partial charge in [0, 0.05) is 32.0 Å². The number of aliphatic carboxylic acids is 1. The van der Waals surface area contributed by atoms with Gasteiger partial charge in [-0.3, -0.25) is 9.59 Å². The molecule has 1 aliphatic carbocycles. The fourth-order valence-corrected chi connectivity index (χ4v) is 4.08. The SMILES string of the molecule is CN(c1ccccc1)c1ccc(C(=O)N2CCC3(CC2)CC3C(=O)O)cn1. The molecule has 1 saturated heterocycles. The van der Waals surface area contributed by atoms with Gasteiger partial charge in [-0.2, -0.15) is 0 Å². The first kappa shape index (κ1) is 17.5. The van der Waals surface area contributed by atoms with Gasteiger partial charge in [0.05, 0.1) is 11.5 Å². The monoisotopic (exact) mass is 365 g/mol. The van der Waals surface area contributed by atoms with E-state index in [4.69, 9.17) is 0 Å². The molecule has 1 aromatic heterocycles. The molecule has 2 aliphatic rings. The Balaban J connectivity index is 1.39. The minimum Gasteiger partial charge on any atom is -0.481 e. The number of aromatic nitrogens is 1. The number of piperidine rings is 1. The third-order valence-corrected chi connectivity index (χ3v) is 6.02. The average molecular weight is 365 g/mol. The van der Waals surface area contributed by atoms with Crippen molar-refractivity contribution in [2.45, 2.75) is 19.3 Å². The number of amides is 1. The Morgan fingerprint density at radius 1 is 1.15 bits per heavy atom. The van der Waals surface area contributed by atoms with Crippen LogP contribution < -0.4 is 4.90 Å². The molecule has 1 N–H and O–H groups in total.